The van der Waals surface area contributed by atoms with Crippen LogP contribution in [0.2, 0.25) is 5.02 Å². The fourth-order valence-corrected chi connectivity index (χ4v) is 4.05. The van der Waals surface area contributed by atoms with E-state index in [1.165, 1.54) is 4.31 Å². The van der Waals surface area contributed by atoms with E-state index in [9.17, 15) is 8.42 Å². The third kappa shape index (κ3) is 2.67. The number of halogens is 1. The zero-order valence-electron chi connectivity index (χ0n) is 11.1. The molecule has 2 rings (SSSR count). The molecule has 0 spiro atoms. The van der Waals surface area contributed by atoms with E-state index in [-0.39, 0.29) is 18.0 Å². The van der Waals surface area contributed by atoms with Crippen molar-refractivity contribution in [3.63, 3.8) is 0 Å². The van der Waals surface area contributed by atoms with Gasteiger partial charge in [-0.15, -0.1) is 0 Å². The number of aliphatic hydroxyl groups excluding tert-OH is 1. The average molecular weight is 314 g/mol. The van der Waals surface area contributed by atoms with Gasteiger partial charge in [-0.05, 0) is 12.1 Å². The maximum atomic E-state index is 12.7. The molecule has 1 N–H and O–H groups in total. The highest BCUT2D eigenvalue weighted by atomic mass is 35.5. The number of hydrogen-bond acceptors (Lipinski definition) is 3. The molecule has 0 radical (unpaired) electrons. The fraction of sp³-hybridized carbons (Fsp3) is 0.286. The Morgan fingerprint density at radius 3 is 2.45 bits per heavy atom. The zero-order chi connectivity index (χ0) is 14.8. The molecular weight excluding hydrogens is 298 g/mol. The van der Waals surface area contributed by atoms with Crippen LogP contribution in [0.4, 0.5) is 0 Å². The lowest BCUT2D eigenvalue weighted by molar-refractivity contribution is 0.257. The SMILES string of the molecule is CCN(CCO)S(=O)(=O)c1cccc2c(Cl)cccc12. The van der Waals surface area contributed by atoms with E-state index in [1.807, 2.05) is 0 Å². The van der Waals surface area contributed by atoms with Crippen molar-refractivity contribution < 1.29 is 13.5 Å². The number of nitrogens with zero attached hydrogens (tertiary/aromatic N) is 1. The number of likely N-dealkylation sites (N-methyl/N-ethyl adjacent to an activating group) is 1. The number of aliphatic hydroxyl groups is 1. The normalized spacial score (nSPS) is 12.2. The Balaban J connectivity index is 2.66. The van der Waals surface area contributed by atoms with Crippen molar-refractivity contribution in [1.29, 1.82) is 0 Å². The Bertz CT molecular complexity index is 715. The zero-order valence-corrected chi connectivity index (χ0v) is 12.7. The summed E-state index contributed by atoms with van der Waals surface area (Å²) < 4.78 is 26.6. The van der Waals surface area contributed by atoms with E-state index in [2.05, 4.69) is 0 Å². The van der Waals surface area contributed by atoms with Gasteiger partial charge in [-0.1, -0.05) is 42.8 Å². The Kier molecular flexibility index (Phi) is 4.65. The molecule has 0 atom stereocenters. The van der Waals surface area contributed by atoms with Crippen LogP contribution in [0.3, 0.4) is 0 Å². The van der Waals surface area contributed by atoms with Gasteiger partial charge in [0.2, 0.25) is 10.0 Å². The summed E-state index contributed by atoms with van der Waals surface area (Å²) in [4.78, 5) is 0.216. The molecule has 0 saturated carbocycles. The van der Waals surface area contributed by atoms with Gasteiger partial charge in [0.25, 0.3) is 0 Å². The monoisotopic (exact) mass is 313 g/mol. The molecule has 0 aromatic heterocycles. The smallest absolute Gasteiger partial charge is 0.243 e. The Hall–Kier alpha value is -1.14. The minimum Gasteiger partial charge on any atom is -0.395 e. The van der Waals surface area contributed by atoms with Crippen molar-refractivity contribution in [2.24, 2.45) is 0 Å². The topological polar surface area (TPSA) is 57.6 Å². The highest BCUT2D eigenvalue weighted by molar-refractivity contribution is 7.89. The summed E-state index contributed by atoms with van der Waals surface area (Å²) in [6.45, 7) is 1.92. The first-order valence-electron chi connectivity index (χ1n) is 6.30. The van der Waals surface area contributed by atoms with Gasteiger partial charge < -0.3 is 5.11 Å². The first-order chi connectivity index (χ1) is 9.52. The fourth-order valence-electron chi connectivity index (χ4n) is 2.17. The van der Waals surface area contributed by atoms with Crippen LogP contribution in [0.1, 0.15) is 6.92 Å². The quantitative estimate of drug-likeness (QED) is 0.922. The molecule has 108 valence electrons. The van der Waals surface area contributed by atoms with Crippen molar-refractivity contribution in [2.45, 2.75) is 11.8 Å². The standard InChI is InChI=1S/C14H16ClNO3S/c1-2-16(9-10-17)20(18,19)14-8-4-5-11-12(14)6-3-7-13(11)15/h3-8,17H,2,9-10H2,1H3. The largest absolute Gasteiger partial charge is 0.395 e. The summed E-state index contributed by atoms with van der Waals surface area (Å²) in [6, 6.07) is 10.2. The lowest BCUT2D eigenvalue weighted by atomic mass is 10.1. The molecule has 0 heterocycles. The number of benzene rings is 2. The highest BCUT2D eigenvalue weighted by Crippen LogP contribution is 2.30. The summed E-state index contributed by atoms with van der Waals surface area (Å²) >= 11 is 6.11. The minimum atomic E-state index is -3.64. The van der Waals surface area contributed by atoms with Gasteiger partial charge in [-0.3, -0.25) is 0 Å². The highest BCUT2D eigenvalue weighted by Gasteiger charge is 2.24. The Labute approximate surface area is 123 Å². The summed E-state index contributed by atoms with van der Waals surface area (Å²) in [5.41, 5.74) is 0. The summed E-state index contributed by atoms with van der Waals surface area (Å²) in [5, 5.41) is 10.8. The first-order valence-corrected chi connectivity index (χ1v) is 8.12. The van der Waals surface area contributed by atoms with Crippen molar-refractivity contribution in [3.05, 3.63) is 41.4 Å². The van der Waals surface area contributed by atoms with E-state index >= 15 is 0 Å². The molecule has 0 fully saturated rings. The third-order valence-electron chi connectivity index (χ3n) is 3.15. The summed E-state index contributed by atoms with van der Waals surface area (Å²) in [5.74, 6) is 0. The molecule has 6 heteroatoms. The van der Waals surface area contributed by atoms with Crippen LogP contribution in [0.15, 0.2) is 41.3 Å². The molecule has 0 amide bonds. The van der Waals surface area contributed by atoms with Crippen molar-refractivity contribution in [3.8, 4) is 0 Å². The van der Waals surface area contributed by atoms with E-state index in [0.717, 1.165) is 0 Å². The second-order valence-corrected chi connectivity index (χ2v) is 6.62. The molecule has 0 bridgehead atoms. The van der Waals surface area contributed by atoms with Crippen LogP contribution in [-0.4, -0.2) is 37.5 Å². The van der Waals surface area contributed by atoms with Gasteiger partial charge in [-0.25, -0.2) is 8.42 Å². The van der Waals surface area contributed by atoms with Gasteiger partial charge in [0.05, 0.1) is 11.5 Å². The maximum Gasteiger partial charge on any atom is 0.243 e. The predicted octanol–water partition coefficient (Wildman–Crippen LogP) is 2.50. The minimum absolute atomic E-state index is 0.0792. The second-order valence-electron chi connectivity index (χ2n) is 4.31. The van der Waals surface area contributed by atoms with Gasteiger partial charge in [0.1, 0.15) is 0 Å². The molecule has 0 unspecified atom stereocenters. The Morgan fingerprint density at radius 2 is 1.80 bits per heavy atom. The molecule has 2 aromatic rings. The first kappa shape index (κ1) is 15.3. The van der Waals surface area contributed by atoms with Gasteiger partial charge >= 0.3 is 0 Å². The van der Waals surface area contributed by atoms with Gasteiger partial charge in [-0.2, -0.15) is 4.31 Å². The van der Waals surface area contributed by atoms with Crippen molar-refractivity contribution in [1.82, 2.24) is 4.31 Å². The number of hydrogen-bond donors (Lipinski definition) is 1. The predicted molar refractivity (Wildman–Crippen MR) is 80.5 cm³/mol. The molecule has 0 aliphatic carbocycles. The molecule has 0 aliphatic heterocycles. The molecule has 0 aliphatic rings. The van der Waals surface area contributed by atoms with Crippen molar-refractivity contribution >= 4 is 32.4 Å². The average Bonchev–Trinajstić information content (AvgIpc) is 2.44. The van der Waals surface area contributed by atoms with E-state index in [4.69, 9.17) is 16.7 Å². The lowest BCUT2D eigenvalue weighted by Gasteiger charge is -2.20. The number of sulfonamides is 1. The molecule has 0 saturated heterocycles. The molecule has 20 heavy (non-hydrogen) atoms. The van der Waals surface area contributed by atoms with Crippen molar-refractivity contribution in [2.75, 3.05) is 19.7 Å². The molecule has 2 aromatic carbocycles. The van der Waals surface area contributed by atoms with Crippen LogP contribution in [0.5, 0.6) is 0 Å². The second kappa shape index (κ2) is 6.10. The van der Waals surface area contributed by atoms with Crippen LogP contribution in [-0.2, 0) is 10.0 Å². The molecular formula is C14H16ClNO3S. The van der Waals surface area contributed by atoms with Crippen LogP contribution in [0, 0.1) is 0 Å². The van der Waals surface area contributed by atoms with E-state index in [1.54, 1.807) is 43.3 Å². The summed E-state index contributed by atoms with van der Waals surface area (Å²) in [7, 11) is -3.64. The summed E-state index contributed by atoms with van der Waals surface area (Å²) in [6.07, 6.45) is 0. The third-order valence-corrected chi connectivity index (χ3v) is 5.51. The van der Waals surface area contributed by atoms with Gasteiger partial charge in [0, 0.05) is 28.9 Å². The van der Waals surface area contributed by atoms with Gasteiger partial charge in [0.15, 0.2) is 0 Å². The molecule has 4 nitrogen and oxygen atoms in total. The Morgan fingerprint density at radius 1 is 1.15 bits per heavy atom. The number of fused-ring (bicyclic) bond motifs is 1. The van der Waals surface area contributed by atoms with Crippen LogP contribution in [0.25, 0.3) is 10.8 Å². The number of rotatable bonds is 5. The maximum absolute atomic E-state index is 12.7. The van der Waals surface area contributed by atoms with Crippen LogP contribution >= 0.6 is 11.6 Å². The van der Waals surface area contributed by atoms with E-state index < -0.39 is 10.0 Å². The van der Waals surface area contributed by atoms with E-state index in [0.29, 0.717) is 22.3 Å². The lowest BCUT2D eigenvalue weighted by Crippen LogP contribution is -2.33. The van der Waals surface area contributed by atoms with Crippen LogP contribution < -0.4 is 0 Å².